The van der Waals surface area contributed by atoms with Gasteiger partial charge in [0.2, 0.25) is 0 Å². The van der Waals surface area contributed by atoms with Crippen LogP contribution >= 0.6 is 11.6 Å². The van der Waals surface area contributed by atoms with Gasteiger partial charge in [0.1, 0.15) is 0 Å². The Morgan fingerprint density at radius 1 is 1.50 bits per heavy atom. The van der Waals surface area contributed by atoms with Crippen molar-refractivity contribution in [1.82, 2.24) is 9.61 Å². The second-order valence-corrected chi connectivity index (χ2v) is 4.00. The van der Waals surface area contributed by atoms with E-state index in [0.29, 0.717) is 0 Å². The van der Waals surface area contributed by atoms with Gasteiger partial charge in [-0.2, -0.15) is 18.3 Å². The lowest BCUT2D eigenvalue weighted by Gasteiger charge is -2.11. The molecule has 1 N–H and O–H groups in total. The molecule has 2 aromatic rings. The number of aromatic carboxylic acids is 1. The van der Waals surface area contributed by atoms with Crippen LogP contribution in [0.1, 0.15) is 15.9 Å². The molecular weight excluding hydrogens is 273 g/mol. The summed E-state index contributed by atoms with van der Waals surface area (Å²) in [5, 5.41) is 12.6. The van der Waals surface area contributed by atoms with Gasteiger partial charge >= 0.3 is 12.1 Å². The van der Waals surface area contributed by atoms with E-state index >= 15 is 0 Å². The minimum atomic E-state index is -4.53. The first-order chi connectivity index (χ1) is 8.29. The first kappa shape index (κ1) is 12.7. The van der Waals surface area contributed by atoms with E-state index in [1.807, 2.05) is 0 Å². The standard InChI is InChI=1S/C10H6ClF3N2O2/c11-7-1-2-16-8(7)5(3-10(12,13)14)6(4-15-16)9(17)18/h1-2,4H,3H2,(H,17,18). The molecule has 0 saturated carbocycles. The highest BCUT2D eigenvalue weighted by molar-refractivity contribution is 6.34. The molecule has 4 nitrogen and oxygen atoms in total. The molecule has 0 unspecified atom stereocenters. The van der Waals surface area contributed by atoms with Crippen LogP contribution in [0.4, 0.5) is 13.2 Å². The summed E-state index contributed by atoms with van der Waals surface area (Å²) in [5.41, 5.74) is -0.922. The Labute approximate surface area is 104 Å². The monoisotopic (exact) mass is 278 g/mol. The van der Waals surface area contributed by atoms with Crippen LogP contribution in [-0.2, 0) is 6.42 Å². The number of carboxylic acids is 1. The van der Waals surface area contributed by atoms with E-state index in [2.05, 4.69) is 5.10 Å². The van der Waals surface area contributed by atoms with Crippen LogP contribution in [-0.4, -0.2) is 26.9 Å². The van der Waals surface area contributed by atoms with Gasteiger partial charge in [-0.1, -0.05) is 11.6 Å². The lowest BCUT2D eigenvalue weighted by Crippen LogP contribution is -2.17. The third kappa shape index (κ3) is 2.26. The van der Waals surface area contributed by atoms with Gasteiger partial charge in [0.05, 0.1) is 28.7 Å². The zero-order valence-electron chi connectivity index (χ0n) is 8.70. The van der Waals surface area contributed by atoms with E-state index in [0.717, 1.165) is 10.7 Å². The number of rotatable bonds is 2. The summed E-state index contributed by atoms with van der Waals surface area (Å²) in [6.45, 7) is 0. The van der Waals surface area contributed by atoms with Crippen LogP contribution in [0.3, 0.4) is 0 Å². The van der Waals surface area contributed by atoms with E-state index in [4.69, 9.17) is 16.7 Å². The molecule has 0 amide bonds. The molecule has 0 fully saturated rings. The minimum absolute atomic E-state index is 0.0323. The van der Waals surface area contributed by atoms with Crippen molar-refractivity contribution in [3.8, 4) is 0 Å². The van der Waals surface area contributed by atoms with Crippen LogP contribution in [0.15, 0.2) is 18.5 Å². The number of fused-ring (bicyclic) bond motifs is 1. The van der Waals surface area contributed by atoms with Gasteiger partial charge in [-0.3, -0.25) is 0 Å². The third-order valence-corrected chi connectivity index (χ3v) is 2.65. The molecule has 0 atom stereocenters. The van der Waals surface area contributed by atoms with E-state index in [1.54, 1.807) is 0 Å². The first-order valence-electron chi connectivity index (χ1n) is 4.74. The van der Waals surface area contributed by atoms with Crippen LogP contribution in [0.2, 0.25) is 5.02 Å². The smallest absolute Gasteiger partial charge is 0.393 e. The summed E-state index contributed by atoms with van der Waals surface area (Å²) in [6.07, 6.45) is -3.65. The third-order valence-electron chi connectivity index (χ3n) is 2.35. The first-order valence-corrected chi connectivity index (χ1v) is 5.12. The van der Waals surface area contributed by atoms with Crippen molar-refractivity contribution < 1.29 is 23.1 Å². The molecule has 0 aliphatic heterocycles. The van der Waals surface area contributed by atoms with E-state index in [1.165, 1.54) is 12.3 Å². The van der Waals surface area contributed by atoms with Gasteiger partial charge in [0, 0.05) is 11.8 Å². The molecule has 2 heterocycles. The highest BCUT2D eigenvalue weighted by Gasteiger charge is 2.32. The molecule has 2 rings (SSSR count). The van der Waals surface area contributed by atoms with Crippen LogP contribution in [0, 0.1) is 0 Å². The normalized spacial score (nSPS) is 12.0. The highest BCUT2D eigenvalue weighted by atomic mass is 35.5. The van der Waals surface area contributed by atoms with Crippen molar-refractivity contribution in [2.24, 2.45) is 0 Å². The molecule has 0 radical (unpaired) electrons. The quantitative estimate of drug-likeness (QED) is 0.919. The van der Waals surface area contributed by atoms with E-state index in [9.17, 15) is 18.0 Å². The fourth-order valence-corrected chi connectivity index (χ4v) is 1.92. The van der Waals surface area contributed by atoms with Crippen molar-refractivity contribution in [3.05, 3.63) is 34.6 Å². The molecular formula is C10H6ClF3N2O2. The molecule has 0 spiro atoms. The molecule has 18 heavy (non-hydrogen) atoms. The lowest BCUT2D eigenvalue weighted by atomic mass is 10.1. The van der Waals surface area contributed by atoms with Gasteiger partial charge < -0.3 is 5.11 Å². The molecule has 96 valence electrons. The van der Waals surface area contributed by atoms with Gasteiger partial charge in [0.25, 0.3) is 0 Å². The summed E-state index contributed by atoms with van der Waals surface area (Å²) >= 11 is 5.76. The number of hydrogen-bond acceptors (Lipinski definition) is 2. The van der Waals surface area contributed by atoms with Gasteiger partial charge in [-0.05, 0) is 6.07 Å². The van der Waals surface area contributed by atoms with Crippen LogP contribution in [0.5, 0.6) is 0 Å². The molecule has 0 aromatic carbocycles. The number of alkyl halides is 3. The minimum Gasteiger partial charge on any atom is -0.478 e. The number of hydrogen-bond donors (Lipinski definition) is 1. The second-order valence-electron chi connectivity index (χ2n) is 3.59. The Morgan fingerprint density at radius 2 is 2.17 bits per heavy atom. The van der Waals surface area contributed by atoms with Crippen LogP contribution < -0.4 is 0 Å². The number of carbonyl (C=O) groups is 1. The topological polar surface area (TPSA) is 54.6 Å². The molecule has 8 heteroatoms. The van der Waals surface area contributed by atoms with Crippen molar-refractivity contribution >= 4 is 23.1 Å². The van der Waals surface area contributed by atoms with Crippen molar-refractivity contribution in [1.29, 1.82) is 0 Å². The summed E-state index contributed by atoms with van der Waals surface area (Å²) < 4.78 is 38.6. The maximum Gasteiger partial charge on any atom is 0.393 e. The maximum absolute atomic E-state index is 12.5. The van der Waals surface area contributed by atoms with E-state index in [-0.39, 0.29) is 16.1 Å². The Bertz CT molecular complexity index is 621. The predicted molar refractivity (Wildman–Crippen MR) is 56.9 cm³/mol. The van der Waals surface area contributed by atoms with Crippen molar-refractivity contribution in [2.75, 3.05) is 0 Å². The zero-order valence-corrected chi connectivity index (χ0v) is 9.46. The number of aromatic nitrogens is 2. The Balaban J connectivity index is 2.74. The molecule has 0 aliphatic rings. The summed E-state index contributed by atoms with van der Waals surface area (Å²) in [7, 11) is 0. The average molecular weight is 279 g/mol. The predicted octanol–water partition coefficient (Wildman–Crippen LogP) is 2.79. The Kier molecular flexibility index (Phi) is 2.94. The Morgan fingerprint density at radius 3 is 2.72 bits per heavy atom. The zero-order chi connectivity index (χ0) is 13.5. The molecule has 0 aliphatic carbocycles. The Hall–Kier alpha value is -1.76. The number of halogens is 4. The van der Waals surface area contributed by atoms with Crippen LogP contribution in [0.25, 0.3) is 5.52 Å². The number of nitrogens with zero attached hydrogens (tertiary/aromatic N) is 2. The van der Waals surface area contributed by atoms with Gasteiger partial charge in [-0.25, -0.2) is 9.31 Å². The van der Waals surface area contributed by atoms with Crippen molar-refractivity contribution in [3.63, 3.8) is 0 Å². The lowest BCUT2D eigenvalue weighted by molar-refractivity contribution is -0.127. The highest BCUT2D eigenvalue weighted by Crippen LogP contribution is 2.30. The van der Waals surface area contributed by atoms with Crippen molar-refractivity contribution in [2.45, 2.75) is 12.6 Å². The second kappa shape index (κ2) is 4.16. The largest absolute Gasteiger partial charge is 0.478 e. The molecule has 0 bridgehead atoms. The van der Waals surface area contributed by atoms with E-state index < -0.39 is 24.1 Å². The van der Waals surface area contributed by atoms with Gasteiger partial charge in [-0.15, -0.1) is 0 Å². The average Bonchev–Trinajstić information content (AvgIpc) is 2.58. The maximum atomic E-state index is 12.5. The summed E-state index contributed by atoms with van der Waals surface area (Å²) in [6, 6.07) is 1.36. The fourth-order valence-electron chi connectivity index (χ4n) is 1.67. The summed E-state index contributed by atoms with van der Waals surface area (Å²) in [5.74, 6) is -1.47. The fraction of sp³-hybridized carbons (Fsp3) is 0.200. The van der Waals surface area contributed by atoms with Gasteiger partial charge in [0.15, 0.2) is 0 Å². The number of carboxylic acid groups (broad SMARTS) is 1. The SMILES string of the molecule is O=C(O)c1cnn2ccc(Cl)c2c1CC(F)(F)F. The molecule has 0 saturated heterocycles. The summed E-state index contributed by atoms with van der Waals surface area (Å²) in [4.78, 5) is 10.9. The molecule has 2 aromatic heterocycles.